The molecule has 96 valence electrons. The molecule has 0 aliphatic heterocycles. The molecular formula is C17H17NO. The average Bonchev–Trinajstić information content (AvgIpc) is 2.40. The molecule has 0 unspecified atom stereocenters. The Kier molecular flexibility index (Phi) is 4.14. The van der Waals surface area contributed by atoms with E-state index in [-0.39, 0.29) is 5.78 Å². The van der Waals surface area contributed by atoms with Crippen molar-refractivity contribution in [3.8, 4) is 0 Å². The fourth-order valence-electron chi connectivity index (χ4n) is 1.78. The third-order valence-corrected chi connectivity index (χ3v) is 2.80. The first-order valence-corrected chi connectivity index (χ1v) is 6.26. The van der Waals surface area contributed by atoms with Crippen molar-refractivity contribution in [1.82, 2.24) is 0 Å². The van der Waals surface area contributed by atoms with Gasteiger partial charge in [-0.3, -0.25) is 4.79 Å². The Labute approximate surface area is 113 Å². The number of hydrogen-bond acceptors (Lipinski definition) is 2. The molecule has 19 heavy (non-hydrogen) atoms. The number of aryl methyl sites for hydroxylation is 1. The fraction of sp³-hybridized carbons (Fsp3) is 0.118. The van der Waals surface area contributed by atoms with E-state index in [9.17, 15) is 4.79 Å². The van der Waals surface area contributed by atoms with E-state index in [1.54, 1.807) is 6.08 Å². The third kappa shape index (κ3) is 3.81. The maximum atomic E-state index is 12.0. The molecular weight excluding hydrogens is 234 g/mol. The van der Waals surface area contributed by atoms with Crippen molar-refractivity contribution in [3.05, 3.63) is 77.5 Å². The molecule has 0 atom stereocenters. The Balaban J connectivity index is 2.08. The van der Waals surface area contributed by atoms with E-state index in [1.807, 2.05) is 68.4 Å². The number of carbonyl (C=O) groups excluding carboxylic acids is 1. The van der Waals surface area contributed by atoms with Gasteiger partial charge in [0.25, 0.3) is 0 Å². The second-order valence-corrected chi connectivity index (χ2v) is 4.55. The maximum absolute atomic E-state index is 12.0. The van der Waals surface area contributed by atoms with Gasteiger partial charge < -0.3 is 5.32 Å². The van der Waals surface area contributed by atoms with Crippen molar-refractivity contribution < 1.29 is 4.79 Å². The van der Waals surface area contributed by atoms with Gasteiger partial charge in [-0.25, -0.2) is 0 Å². The highest BCUT2D eigenvalue weighted by atomic mass is 16.1. The summed E-state index contributed by atoms with van der Waals surface area (Å²) in [4.78, 5) is 12.0. The molecule has 0 saturated carbocycles. The molecule has 0 amide bonds. The van der Waals surface area contributed by atoms with Crippen LogP contribution in [0.2, 0.25) is 0 Å². The van der Waals surface area contributed by atoms with Crippen molar-refractivity contribution in [2.75, 3.05) is 5.32 Å². The highest BCUT2D eigenvalue weighted by molar-refractivity contribution is 6.05. The monoisotopic (exact) mass is 251 g/mol. The van der Waals surface area contributed by atoms with Crippen LogP contribution in [0.5, 0.6) is 0 Å². The van der Waals surface area contributed by atoms with E-state index in [0.717, 1.165) is 16.9 Å². The topological polar surface area (TPSA) is 29.1 Å². The van der Waals surface area contributed by atoms with Gasteiger partial charge in [0.15, 0.2) is 5.78 Å². The minimum Gasteiger partial charge on any atom is -0.359 e. The summed E-state index contributed by atoms with van der Waals surface area (Å²) in [6.45, 7) is 3.89. The Morgan fingerprint density at radius 1 is 1.00 bits per heavy atom. The van der Waals surface area contributed by atoms with Gasteiger partial charge in [0.1, 0.15) is 0 Å². The maximum Gasteiger partial charge on any atom is 0.187 e. The number of benzene rings is 2. The first-order chi connectivity index (χ1) is 9.15. The lowest BCUT2D eigenvalue weighted by atomic mass is 10.1. The van der Waals surface area contributed by atoms with Crippen molar-refractivity contribution in [2.45, 2.75) is 13.8 Å². The van der Waals surface area contributed by atoms with Gasteiger partial charge in [0.05, 0.1) is 0 Å². The molecule has 2 heteroatoms. The van der Waals surface area contributed by atoms with Crippen LogP contribution >= 0.6 is 0 Å². The lowest BCUT2D eigenvalue weighted by Crippen LogP contribution is -2.01. The smallest absolute Gasteiger partial charge is 0.187 e. The second kappa shape index (κ2) is 6.01. The van der Waals surface area contributed by atoms with Gasteiger partial charge in [-0.1, -0.05) is 48.0 Å². The Morgan fingerprint density at radius 2 is 1.63 bits per heavy atom. The summed E-state index contributed by atoms with van der Waals surface area (Å²) in [6.07, 6.45) is 1.62. The summed E-state index contributed by atoms with van der Waals surface area (Å²) in [5.74, 6) is 0.0148. The zero-order valence-corrected chi connectivity index (χ0v) is 11.2. The van der Waals surface area contributed by atoms with Gasteiger partial charge in [-0.2, -0.15) is 0 Å². The number of allylic oxidation sites excluding steroid dienone is 2. The molecule has 0 radical (unpaired) electrons. The van der Waals surface area contributed by atoms with Crippen LogP contribution < -0.4 is 5.32 Å². The van der Waals surface area contributed by atoms with Crippen LogP contribution in [0.3, 0.4) is 0 Å². The quantitative estimate of drug-likeness (QED) is 0.652. The van der Waals surface area contributed by atoms with Crippen LogP contribution in [0.15, 0.2) is 66.4 Å². The highest BCUT2D eigenvalue weighted by Gasteiger charge is 2.02. The van der Waals surface area contributed by atoms with Crippen molar-refractivity contribution in [2.24, 2.45) is 0 Å². The molecule has 0 bridgehead atoms. The molecule has 0 aliphatic rings. The second-order valence-electron chi connectivity index (χ2n) is 4.55. The minimum atomic E-state index is 0.0148. The standard InChI is InChI=1S/C17H17NO/c1-13-8-10-15(11-9-13)17(19)12-14(2)18-16-6-4-3-5-7-16/h3-12,18H,1-2H3/b14-12-. The van der Waals surface area contributed by atoms with E-state index in [0.29, 0.717) is 5.56 Å². The van der Waals surface area contributed by atoms with Gasteiger partial charge in [-0.15, -0.1) is 0 Å². The number of para-hydroxylation sites is 1. The number of nitrogens with one attached hydrogen (secondary N) is 1. The average molecular weight is 251 g/mol. The summed E-state index contributed by atoms with van der Waals surface area (Å²) in [7, 11) is 0. The van der Waals surface area contributed by atoms with Crippen LogP contribution in [-0.2, 0) is 0 Å². The summed E-state index contributed by atoms with van der Waals surface area (Å²) in [5, 5.41) is 3.19. The Hall–Kier alpha value is -2.35. The molecule has 0 aromatic heterocycles. The third-order valence-electron chi connectivity index (χ3n) is 2.80. The molecule has 0 saturated heterocycles. The molecule has 2 aromatic carbocycles. The van der Waals surface area contributed by atoms with Crippen LogP contribution in [0.25, 0.3) is 0 Å². The molecule has 2 aromatic rings. The first kappa shape index (κ1) is 13.1. The van der Waals surface area contributed by atoms with Gasteiger partial charge in [0.2, 0.25) is 0 Å². The van der Waals surface area contributed by atoms with E-state index in [4.69, 9.17) is 0 Å². The van der Waals surface area contributed by atoms with Crippen LogP contribution in [-0.4, -0.2) is 5.78 Å². The van der Waals surface area contributed by atoms with Gasteiger partial charge >= 0.3 is 0 Å². The van der Waals surface area contributed by atoms with Gasteiger partial charge in [-0.05, 0) is 26.0 Å². The van der Waals surface area contributed by atoms with E-state index >= 15 is 0 Å². The zero-order valence-electron chi connectivity index (χ0n) is 11.2. The minimum absolute atomic E-state index is 0.0148. The molecule has 2 rings (SSSR count). The number of ketones is 1. The number of rotatable bonds is 4. The van der Waals surface area contributed by atoms with Crippen molar-refractivity contribution >= 4 is 11.5 Å². The van der Waals surface area contributed by atoms with Gasteiger partial charge in [0, 0.05) is 23.0 Å². The molecule has 0 fully saturated rings. The summed E-state index contributed by atoms with van der Waals surface area (Å²) < 4.78 is 0. The first-order valence-electron chi connectivity index (χ1n) is 6.26. The molecule has 1 N–H and O–H groups in total. The molecule has 0 spiro atoms. The van der Waals surface area contributed by atoms with Crippen molar-refractivity contribution in [1.29, 1.82) is 0 Å². The lowest BCUT2D eigenvalue weighted by molar-refractivity contribution is 0.104. The van der Waals surface area contributed by atoms with E-state index < -0.39 is 0 Å². The molecule has 0 aliphatic carbocycles. The summed E-state index contributed by atoms with van der Waals surface area (Å²) in [6, 6.07) is 17.4. The van der Waals surface area contributed by atoms with Crippen LogP contribution in [0, 0.1) is 6.92 Å². The largest absolute Gasteiger partial charge is 0.359 e. The SMILES string of the molecule is C/C(=C/C(=O)c1ccc(C)cc1)Nc1ccccc1. The summed E-state index contributed by atoms with van der Waals surface area (Å²) >= 11 is 0. The van der Waals surface area contributed by atoms with E-state index in [1.165, 1.54) is 0 Å². The molecule has 2 nitrogen and oxygen atoms in total. The summed E-state index contributed by atoms with van der Waals surface area (Å²) in [5.41, 5.74) is 3.67. The fourth-order valence-corrected chi connectivity index (χ4v) is 1.78. The molecule has 0 heterocycles. The van der Waals surface area contributed by atoms with E-state index in [2.05, 4.69) is 5.32 Å². The Morgan fingerprint density at radius 3 is 2.26 bits per heavy atom. The number of hydrogen-bond donors (Lipinski definition) is 1. The number of carbonyl (C=O) groups is 1. The van der Waals surface area contributed by atoms with Crippen molar-refractivity contribution in [3.63, 3.8) is 0 Å². The number of anilines is 1. The predicted octanol–water partition coefficient (Wildman–Crippen LogP) is 4.19. The lowest BCUT2D eigenvalue weighted by Gasteiger charge is -2.06. The predicted molar refractivity (Wildman–Crippen MR) is 79.3 cm³/mol. The zero-order chi connectivity index (χ0) is 13.7. The Bertz CT molecular complexity index is 582. The van der Waals surface area contributed by atoms with Crippen LogP contribution in [0.4, 0.5) is 5.69 Å². The highest BCUT2D eigenvalue weighted by Crippen LogP contribution is 2.10. The van der Waals surface area contributed by atoms with Crippen LogP contribution in [0.1, 0.15) is 22.8 Å². The normalized spacial score (nSPS) is 11.2.